The van der Waals surface area contributed by atoms with E-state index in [0.717, 1.165) is 0 Å². The van der Waals surface area contributed by atoms with Crippen molar-refractivity contribution in [1.29, 1.82) is 0 Å². The zero-order valence-corrected chi connectivity index (χ0v) is 15.1. The molecule has 18 heavy (non-hydrogen) atoms. The molecule has 0 saturated carbocycles. The van der Waals surface area contributed by atoms with Gasteiger partial charge in [-0.1, -0.05) is 20.4 Å². The van der Waals surface area contributed by atoms with E-state index in [1.807, 2.05) is 13.8 Å². The Morgan fingerprint density at radius 1 is 1.17 bits per heavy atom. The van der Waals surface area contributed by atoms with Crippen LogP contribution in [0.2, 0.25) is 0 Å². The van der Waals surface area contributed by atoms with Crippen LogP contribution in [-0.4, -0.2) is 56.9 Å². The predicted octanol–water partition coefficient (Wildman–Crippen LogP) is -0.346. The Kier molecular flexibility index (Phi) is 29.3. The van der Waals surface area contributed by atoms with Crippen molar-refractivity contribution in [1.82, 2.24) is 5.32 Å². The summed E-state index contributed by atoms with van der Waals surface area (Å²) < 4.78 is 9.99. The monoisotopic (exact) mass is 480 g/mol. The number of ether oxygens (including phenoxy) is 2. The van der Waals surface area contributed by atoms with Gasteiger partial charge in [-0.05, 0) is 0 Å². The second-order valence-electron chi connectivity index (χ2n) is 2.62. The molecule has 106 valence electrons. The molecule has 0 aromatic carbocycles. The van der Waals surface area contributed by atoms with Crippen LogP contribution >= 0.6 is 0 Å². The maximum absolute atomic E-state index is 10.9. The molecule has 6 nitrogen and oxygen atoms in total. The fourth-order valence-electron chi connectivity index (χ4n) is 0.774. The summed E-state index contributed by atoms with van der Waals surface area (Å²) in [6, 6.07) is 0. The van der Waals surface area contributed by atoms with Gasteiger partial charge in [-0.15, -0.1) is 0 Å². The molecule has 0 saturated heterocycles. The summed E-state index contributed by atoms with van der Waals surface area (Å²) in [7, 11) is 0. The van der Waals surface area contributed by atoms with Crippen LogP contribution in [0.15, 0.2) is 0 Å². The van der Waals surface area contributed by atoms with E-state index in [1.54, 1.807) is 6.29 Å². The molecule has 0 aliphatic heterocycles. The summed E-state index contributed by atoms with van der Waals surface area (Å²) in [6.07, 6.45) is 1.77. The molecule has 2 N–H and O–H groups in total. The van der Waals surface area contributed by atoms with Crippen molar-refractivity contribution in [3.63, 3.8) is 0 Å². The quantitative estimate of drug-likeness (QED) is 0.330. The third-order valence-corrected chi connectivity index (χ3v) is 1.44. The molecule has 0 aliphatic rings. The van der Waals surface area contributed by atoms with Gasteiger partial charge in [-0.3, -0.25) is 4.79 Å². The van der Waals surface area contributed by atoms with Gasteiger partial charge in [0.2, 0.25) is 5.91 Å². The van der Waals surface area contributed by atoms with E-state index in [0.29, 0.717) is 19.8 Å². The standard InChI is InChI=1S/C9H16NO5.C2H6.Th/c11-3-2-10-9(13)1-5-14-7-8-15-6-4-12;1-2;/h12H,1-2,4-8H2,(H,10,13);1-2H3;/q-1;;. The minimum atomic E-state index is -0.241. The van der Waals surface area contributed by atoms with Gasteiger partial charge in [-0.2, -0.15) is 0 Å². The summed E-state index contributed by atoms with van der Waals surface area (Å²) in [6.45, 7) is 5.26. The Balaban J connectivity index is -0.000000709. The van der Waals surface area contributed by atoms with Crippen LogP contribution in [0.4, 0.5) is 0 Å². The van der Waals surface area contributed by atoms with E-state index in [9.17, 15) is 9.59 Å². The fraction of sp³-hybridized carbons (Fsp3) is 0.818. The molecule has 0 aromatic rings. The van der Waals surface area contributed by atoms with E-state index in [-0.39, 0.29) is 72.0 Å². The van der Waals surface area contributed by atoms with Crippen molar-refractivity contribution in [2.24, 2.45) is 0 Å². The van der Waals surface area contributed by atoms with Crippen LogP contribution in [-0.2, 0) is 19.1 Å². The molecule has 0 unspecified atom stereocenters. The van der Waals surface area contributed by atoms with Crippen molar-refractivity contribution in [3.8, 4) is 0 Å². The predicted molar refractivity (Wildman–Crippen MR) is 63.4 cm³/mol. The number of nitrogens with one attached hydrogen (secondary N) is 1. The third-order valence-electron chi connectivity index (χ3n) is 1.44. The van der Waals surface area contributed by atoms with Crippen LogP contribution in [0, 0.1) is 39.9 Å². The first-order valence-electron chi connectivity index (χ1n) is 5.69. The van der Waals surface area contributed by atoms with Crippen LogP contribution in [0.3, 0.4) is 0 Å². The zero-order valence-electron chi connectivity index (χ0n) is 11.0. The Hall–Kier alpha value is 0.345. The molecule has 0 aliphatic carbocycles. The molecular formula is C11H22NO5Th-. The van der Waals surface area contributed by atoms with Gasteiger partial charge in [0.05, 0.1) is 33.0 Å². The van der Waals surface area contributed by atoms with Gasteiger partial charge in [0.25, 0.3) is 0 Å². The molecule has 0 spiro atoms. The summed E-state index contributed by atoms with van der Waals surface area (Å²) in [5, 5.41) is 10.7. The molecule has 0 fully saturated rings. The largest absolute Gasteiger partial charge is 0.540 e. The van der Waals surface area contributed by atoms with Gasteiger partial charge in [0, 0.05) is 46.4 Å². The maximum atomic E-state index is 10.9. The Morgan fingerprint density at radius 2 is 1.72 bits per heavy atom. The van der Waals surface area contributed by atoms with E-state index >= 15 is 0 Å². The second-order valence-corrected chi connectivity index (χ2v) is 2.62. The topological polar surface area (TPSA) is 84.9 Å². The van der Waals surface area contributed by atoms with Crippen molar-refractivity contribution in [2.45, 2.75) is 20.3 Å². The molecule has 0 heterocycles. The molecule has 0 bridgehead atoms. The summed E-state index contributed by atoms with van der Waals surface area (Å²) in [4.78, 5) is 20.7. The number of carbonyl (C=O) groups is 1. The summed E-state index contributed by atoms with van der Waals surface area (Å²) in [5.74, 6) is -0.241. The van der Waals surface area contributed by atoms with Crippen molar-refractivity contribution >= 4 is 12.2 Å². The van der Waals surface area contributed by atoms with Gasteiger partial charge in [0.15, 0.2) is 0 Å². The number of hydrogen-bond donors (Lipinski definition) is 2. The molecule has 0 atom stereocenters. The summed E-state index contributed by atoms with van der Waals surface area (Å²) in [5.41, 5.74) is 0. The van der Waals surface area contributed by atoms with E-state index in [2.05, 4.69) is 5.32 Å². The number of rotatable bonds is 10. The van der Waals surface area contributed by atoms with Crippen molar-refractivity contribution < 1.29 is 64.1 Å². The third kappa shape index (κ3) is 21.6. The number of carbonyl (C=O) groups excluding carboxylic acids is 2. The molecule has 1 amide bonds. The van der Waals surface area contributed by atoms with Crippen LogP contribution < -0.4 is 5.32 Å². The first-order chi connectivity index (χ1) is 8.31. The van der Waals surface area contributed by atoms with Crippen molar-refractivity contribution in [2.75, 3.05) is 39.6 Å². The summed E-state index contributed by atoms with van der Waals surface area (Å²) >= 11 is 0. The smallest absolute Gasteiger partial charge is 0.220 e. The van der Waals surface area contributed by atoms with Crippen molar-refractivity contribution in [3.05, 3.63) is 0 Å². The normalized spacial score (nSPS) is 8.61. The number of aliphatic hydroxyl groups is 1. The Morgan fingerprint density at radius 3 is 2.22 bits per heavy atom. The van der Waals surface area contributed by atoms with Crippen LogP contribution in [0.5, 0.6) is 0 Å². The van der Waals surface area contributed by atoms with Gasteiger partial charge in [-0.25, -0.2) is 6.29 Å². The second kappa shape index (κ2) is 22.5. The fourth-order valence-corrected chi connectivity index (χ4v) is 0.774. The molecule has 0 radical (unpaired) electrons. The maximum Gasteiger partial charge on any atom is 0.220 e. The Labute approximate surface area is 140 Å². The number of amides is 1. The van der Waals surface area contributed by atoms with E-state index in [4.69, 9.17) is 14.6 Å². The molecule has 0 rings (SSSR count). The van der Waals surface area contributed by atoms with Gasteiger partial charge >= 0.3 is 0 Å². The first-order valence-corrected chi connectivity index (χ1v) is 5.69. The molecular weight excluding hydrogens is 458 g/mol. The molecule has 7 heteroatoms. The number of hydrogen-bond acceptors (Lipinski definition) is 5. The van der Waals surface area contributed by atoms with E-state index in [1.165, 1.54) is 0 Å². The average molecular weight is 480 g/mol. The first kappa shape index (κ1) is 23.4. The number of aliphatic hydroxyl groups excluding tert-OH is 1. The molecule has 0 aromatic heterocycles. The van der Waals surface area contributed by atoms with Crippen LogP contribution in [0.1, 0.15) is 20.3 Å². The average Bonchev–Trinajstić information content (AvgIpc) is 2.37. The minimum Gasteiger partial charge on any atom is -0.540 e. The SMILES string of the molecule is CC.O=[C-]CNC(=O)CCOCCOCCO.[Th]. The zero-order chi connectivity index (χ0) is 13.4. The minimum absolute atomic E-state index is 0. The van der Waals surface area contributed by atoms with Gasteiger partial charge in [0.1, 0.15) is 0 Å². The van der Waals surface area contributed by atoms with Crippen LogP contribution in [0.25, 0.3) is 0 Å². The Bertz CT molecular complexity index is 181. The van der Waals surface area contributed by atoms with Gasteiger partial charge < -0.3 is 24.7 Å². The van der Waals surface area contributed by atoms with E-state index < -0.39 is 0 Å².